The maximum absolute atomic E-state index is 13.1. The van der Waals surface area contributed by atoms with Crippen molar-refractivity contribution in [2.24, 2.45) is 7.05 Å². The van der Waals surface area contributed by atoms with Gasteiger partial charge in [0.05, 0.1) is 53.9 Å². The molecule has 0 atom stereocenters. The van der Waals surface area contributed by atoms with Gasteiger partial charge < -0.3 is 14.8 Å². The molecule has 0 saturated carbocycles. The first-order valence-corrected chi connectivity index (χ1v) is 11.5. The van der Waals surface area contributed by atoms with E-state index in [1.165, 1.54) is 12.3 Å². The second-order valence-corrected chi connectivity index (χ2v) is 9.50. The van der Waals surface area contributed by atoms with E-state index < -0.39 is 15.9 Å². The van der Waals surface area contributed by atoms with Crippen LogP contribution in [0.3, 0.4) is 0 Å². The first-order valence-electron chi connectivity index (χ1n) is 9.64. The lowest BCUT2D eigenvalue weighted by Crippen LogP contribution is -2.56. The van der Waals surface area contributed by atoms with Gasteiger partial charge in [-0.3, -0.25) is 14.5 Å². The molecule has 8 nitrogen and oxygen atoms in total. The highest BCUT2D eigenvalue weighted by molar-refractivity contribution is 7.92. The van der Waals surface area contributed by atoms with E-state index in [4.69, 9.17) is 0 Å². The van der Waals surface area contributed by atoms with Gasteiger partial charge in [0, 0.05) is 18.9 Å². The van der Waals surface area contributed by atoms with Gasteiger partial charge in [-0.05, 0) is 36.4 Å². The number of anilines is 3. The minimum Gasteiger partial charge on any atom is -0.358 e. The summed E-state index contributed by atoms with van der Waals surface area (Å²) in [7, 11) is -1.66. The van der Waals surface area contributed by atoms with Crippen molar-refractivity contribution in [3.8, 4) is 11.4 Å². The van der Waals surface area contributed by atoms with Crippen LogP contribution in [0.2, 0.25) is 0 Å². The quantitative estimate of drug-likeness (QED) is 0.588. The standard InChI is InChI=1S/C21H21F2N5O3S/c1-27-11-14(20(29)25-15-4-3-5-16(9-15)26-32(2,30)31)8-19(27)18-7-6-17(10-24-18)28-12-21(22,23)13-28/h3-11,26H,12-13H2,1-2H3,(H,25,29). The van der Waals surface area contributed by atoms with E-state index in [1.54, 1.807) is 59.1 Å². The number of carbonyl (C=O) groups is 1. The molecule has 1 aliphatic heterocycles. The second-order valence-electron chi connectivity index (χ2n) is 7.75. The van der Waals surface area contributed by atoms with Crippen LogP contribution in [0.1, 0.15) is 10.4 Å². The van der Waals surface area contributed by atoms with E-state index in [-0.39, 0.29) is 19.0 Å². The average molecular weight is 461 g/mol. The predicted molar refractivity (Wildman–Crippen MR) is 119 cm³/mol. The number of alkyl halides is 2. The minimum atomic E-state index is -3.43. The largest absolute Gasteiger partial charge is 0.358 e. The normalized spacial score (nSPS) is 15.2. The Bertz CT molecular complexity index is 1260. The van der Waals surface area contributed by atoms with Crippen LogP contribution >= 0.6 is 0 Å². The maximum atomic E-state index is 13.1. The molecule has 2 aromatic heterocycles. The molecule has 168 valence electrons. The van der Waals surface area contributed by atoms with E-state index in [9.17, 15) is 22.0 Å². The van der Waals surface area contributed by atoms with Crippen molar-refractivity contribution in [3.05, 3.63) is 60.4 Å². The molecule has 0 radical (unpaired) electrons. The Morgan fingerprint density at radius 3 is 2.47 bits per heavy atom. The zero-order chi connectivity index (χ0) is 23.1. The van der Waals surface area contributed by atoms with Crippen molar-refractivity contribution in [3.63, 3.8) is 0 Å². The number of rotatable bonds is 6. The summed E-state index contributed by atoms with van der Waals surface area (Å²) in [6.45, 7) is -0.632. The number of carbonyl (C=O) groups excluding carboxylic acids is 1. The Morgan fingerprint density at radius 2 is 1.84 bits per heavy atom. The van der Waals surface area contributed by atoms with E-state index >= 15 is 0 Å². The molecule has 32 heavy (non-hydrogen) atoms. The molecular formula is C21H21F2N5O3S. The molecular weight excluding hydrogens is 440 g/mol. The fourth-order valence-electron chi connectivity index (χ4n) is 3.44. The topological polar surface area (TPSA) is 96.3 Å². The molecule has 1 fully saturated rings. The Kier molecular flexibility index (Phi) is 5.37. The molecule has 1 amide bonds. The highest BCUT2D eigenvalue weighted by atomic mass is 32.2. The van der Waals surface area contributed by atoms with Crippen molar-refractivity contribution in [1.29, 1.82) is 0 Å². The Morgan fingerprint density at radius 1 is 1.12 bits per heavy atom. The van der Waals surface area contributed by atoms with Crippen LogP contribution in [0.15, 0.2) is 54.9 Å². The maximum Gasteiger partial charge on any atom is 0.282 e. The van der Waals surface area contributed by atoms with Gasteiger partial charge in [0.1, 0.15) is 0 Å². The second kappa shape index (κ2) is 7.90. The van der Waals surface area contributed by atoms with Gasteiger partial charge in [-0.1, -0.05) is 6.07 Å². The number of pyridine rings is 1. The summed E-state index contributed by atoms with van der Waals surface area (Å²) in [5.41, 5.74) is 3.06. The summed E-state index contributed by atoms with van der Waals surface area (Å²) in [4.78, 5) is 18.6. The van der Waals surface area contributed by atoms with Crippen LogP contribution in [0.5, 0.6) is 0 Å². The van der Waals surface area contributed by atoms with Gasteiger partial charge in [-0.25, -0.2) is 17.2 Å². The molecule has 0 unspecified atom stereocenters. The number of nitrogens with one attached hydrogen (secondary N) is 2. The Hall–Kier alpha value is -3.47. The lowest BCUT2D eigenvalue weighted by atomic mass is 10.1. The van der Waals surface area contributed by atoms with Crippen LogP contribution in [0, 0.1) is 0 Å². The fourth-order valence-corrected chi connectivity index (χ4v) is 4.00. The summed E-state index contributed by atoms with van der Waals surface area (Å²) in [6, 6.07) is 11.5. The van der Waals surface area contributed by atoms with Crippen LogP contribution < -0.4 is 14.9 Å². The summed E-state index contributed by atoms with van der Waals surface area (Å²) >= 11 is 0. The van der Waals surface area contributed by atoms with Crippen LogP contribution in [-0.2, 0) is 17.1 Å². The number of hydrogen-bond donors (Lipinski definition) is 2. The molecule has 2 N–H and O–H groups in total. The lowest BCUT2D eigenvalue weighted by Gasteiger charge is -2.40. The van der Waals surface area contributed by atoms with E-state index in [0.29, 0.717) is 34.0 Å². The number of benzene rings is 1. The van der Waals surface area contributed by atoms with Gasteiger partial charge in [-0.15, -0.1) is 0 Å². The number of amides is 1. The van der Waals surface area contributed by atoms with Crippen molar-refractivity contribution in [2.75, 3.05) is 34.3 Å². The predicted octanol–water partition coefficient (Wildman–Crippen LogP) is 3.17. The Balaban J connectivity index is 1.47. The van der Waals surface area contributed by atoms with Gasteiger partial charge in [-0.2, -0.15) is 0 Å². The molecule has 4 rings (SSSR count). The summed E-state index contributed by atoms with van der Waals surface area (Å²) < 4.78 is 53.0. The number of aryl methyl sites for hydroxylation is 1. The monoisotopic (exact) mass is 461 g/mol. The third-order valence-corrected chi connectivity index (χ3v) is 5.52. The minimum absolute atomic E-state index is 0.316. The van der Waals surface area contributed by atoms with Crippen molar-refractivity contribution < 1.29 is 22.0 Å². The van der Waals surface area contributed by atoms with E-state index in [0.717, 1.165) is 6.26 Å². The smallest absolute Gasteiger partial charge is 0.282 e. The highest BCUT2D eigenvalue weighted by Gasteiger charge is 2.44. The van der Waals surface area contributed by atoms with Gasteiger partial charge in [0.2, 0.25) is 10.0 Å². The van der Waals surface area contributed by atoms with Crippen molar-refractivity contribution in [2.45, 2.75) is 5.92 Å². The summed E-state index contributed by atoms with van der Waals surface area (Å²) in [5.74, 6) is -3.03. The summed E-state index contributed by atoms with van der Waals surface area (Å²) in [6.07, 6.45) is 4.23. The third kappa shape index (κ3) is 4.88. The molecule has 11 heteroatoms. The molecule has 1 saturated heterocycles. The van der Waals surface area contributed by atoms with Gasteiger partial charge >= 0.3 is 0 Å². The Labute approximate surface area is 183 Å². The van der Waals surface area contributed by atoms with Crippen molar-refractivity contribution >= 4 is 33.0 Å². The lowest BCUT2D eigenvalue weighted by molar-refractivity contribution is -0.0262. The summed E-state index contributed by atoms with van der Waals surface area (Å²) in [5, 5.41) is 2.74. The SMILES string of the molecule is Cn1cc(C(=O)Nc2cccc(NS(C)(=O)=O)c2)cc1-c1ccc(N2CC(F)(F)C2)cn1. The first-order chi connectivity index (χ1) is 15.0. The average Bonchev–Trinajstić information content (AvgIpc) is 3.07. The number of halogens is 2. The van der Waals surface area contributed by atoms with Crippen molar-refractivity contribution in [1.82, 2.24) is 9.55 Å². The van der Waals surface area contributed by atoms with Gasteiger partial charge in [0.25, 0.3) is 11.8 Å². The third-order valence-electron chi connectivity index (χ3n) is 4.91. The number of hydrogen-bond acceptors (Lipinski definition) is 5. The highest BCUT2D eigenvalue weighted by Crippen LogP contribution is 2.32. The molecule has 0 spiro atoms. The first kappa shape index (κ1) is 21.8. The number of sulfonamides is 1. The molecule has 3 heterocycles. The zero-order valence-electron chi connectivity index (χ0n) is 17.3. The van der Waals surface area contributed by atoms with E-state index in [2.05, 4.69) is 15.0 Å². The molecule has 0 aliphatic carbocycles. The van der Waals surface area contributed by atoms with Gasteiger partial charge in [0.15, 0.2) is 0 Å². The van der Waals surface area contributed by atoms with Crippen LogP contribution in [0.4, 0.5) is 25.8 Å². The molecule has 1 aliphatic rings. The van der Waals surface area contributed by atoms with E-state index in [1.807, 2.05) is 0 Å². The fraction of sp³-hybridized carbons (Fsp3) is 0.238. The van der Waals surface area contributed by atoms with Crippen LogP contribution in [0.25, 0.3) is 11.4 Å². The molecule has 3 aromatic rings. The number of aromatic nitrogens is 2. The number of nitrogens with zero attached hydrogens (tertiary/aromatic N) is 3. The zero-order valence-corrected chi connectivity index (χ0v) is 18.2. The molecule has 0 bridgehead atoms. The van der Waals surface area contributed by atoms with Crippen LogP contribution in [-0.4, -0.2) is 49.1 Å². The molecule has 1 aromatic carbocycles.